The molecule has 1 aliphatic heterocycles. The topological polar surface area (TPSA) is 20.3 Å². The van der Waals surface area contributed by atoms with Gasteiger partial charge in [0, 0.05) is 17.5 Å². The van der Waals surface area contributed by atoms with Crippen LogP contribution in [0, 0.1) is 13.8 Å². The fourth-order valence-electron chi connectivity index (χ4n) is 3.12. The van der Waals surface area contributed by atoms with E-state index in [-0.39, 0.29) is 5.25 Å². The lowest BCUT2D eigenvalue weighted by molar-refractivity contribution is -0.134. The molecule has 2 rings (SSSR count). The Morgan fingerprint density at radius 2 is 2.14 bits per heavy atom. The van der Waals surface area contributed by atoms with Crippen LogP contribution in [-0.2, 0) is 4.79 Å². The van der Waals surface area contributed by atoms with Crippen molar-refractivity contribution in [2.75, 3.05) is 6.54 Å². The van der Waals surface area contributed by atoms with Crippen LogP contribution >= 0.6 is 11.8 Å². The molecule has 2 nitrogen and oxygen atoms in total. The summed E-state index contributed by atoms with van der Waals surface area (Å²) in [6, 6.07) is 6.91. The molecule has 0 bridgehead atoms. The molecule has 2 atom stereocenters. The zero-order valence-electron chi connectivity index (χ0n) is 13.7. The summed E-state index contributed by atoms with van der Waals surface area (Å²) >= 11 is 1.70. The molecule has 0 saturated carbocycles. The number of hydrogen-bond donors (Lipinski definition) is 0. The number of hydrogen-bond acceptors (Lipinski definition) is 2. The normalized spacial score (nSPS) is 20.4. The standard InChI is InChI=1S/C18H27NOS/c1-5-16-8-6-7-11-19(16)18(20)15(4)21-17-10-9-13(2)12-14(17)3/h9-10,12,15-16H,5-8,11H2,1-4H3. The summed E-state index contributed by atoms with van der Waals surface area (Å²) in [5.74, 6) is 0.312. The lowest BCUT2D eigenvalue weighted by atomic mass is 10.00. The summed E-state index contributed by atoms with van der Waals surface area (Å²) < 4.78 is 0. The number of carbonyl (C=O) groups excluding carboxylic acids is 1. The minimum Gasteiger partial charge on any atom is -0.339 e. The molecule has 1 heterocycles. The molecule has 1 amide bonds. The second kappa shape index (κ2) is 7.35. The summed E-state index contributed by atoms with van der Waals surface area (Å²) in [7, 11) is 0. The first kappa shape index (κ1) is 16.4. The van der Waals surface area contributed by atoms with E-state index in [1.54, 1.807) is 11.8 Å². The van der Waals surface area contributed by atoms with Crippen LogP contribution < -0.4 is 0 Å². The average Bonchev–Trinajstić information content (AvgIpc) is 2.49. The number of nitrogens with zero attached hydrogens (tertiary/aromatic N) is 1. The van der Waals surface area contributed by atoms with E-state index in [2.05, 4.69) is 43.9 Å². The molecular weight excluding hydrogens is 278 g/mol. The van der Waals surface area contributed by atoms with Crippen LogP contribution in [0.2, 0.25) is 0 Å². The third kappa shape index (κ3) is 4.03. The molecule has 1 aromatic carbocycles. The predicted molar refractivity (Wildman–Crippen MR) is 90.9 cm³/mol. The summed E-state index contributed by atoms with van der Waals surface area (Å²) in [5, 5.41) is -0.00134. The number of piperidine rings is 1. The largest absolute Gasteiger partial charge is 0.339 e. The van der Waals surface area contributed by atoms with Crippen molar-refractivity contribution in [2.45, 2.75) is 69.6 Å². The first-order chi connectivity index (χ1) is 10.0. The van der Waals surface area contributed by atoms with E-state index < -0.39 is 0 Å². The Labute approximate surface area is 133 Å². The molecule has 116 valence electrons. The third-order valence-corrected chi connectivity index (χ3v) is 5.63. The van der Waals surface area contributed by atoms with Gasteiger partial charge in [0.05, 0.1) is 5.25 Å². The first-order valence-electron chi connectivity index (χ1n) is 8.07. The van der Waals surface area contributed by atoms with Gasteiger partial charge in [-0.05, 0) is 58.1 Å². The SMILES string of the molecule is CCC1CCCCN1C(=O)C(C)Sc1ccc(C)cc1C. The zero-order chi connectivity index (χ0) is 15.4. The van der Waals surface area contributed by atoms with Gasteiger partial charge in [0.2, 0.25) is 5.91 Å². The molecule has 1 aliphatic rings. The highest BCUT2D eigenvalue weighted by atomic mass is 32.2. The third-order valence-electron chi connectivity index (χ3n) is 4.36. The molecular formula is C18H27NOS. The van der Waals surface area contributed by atoms with Crippen LogP contribution in [-0.4, -0.2) is 28.6 Å². The van der Waals surface area contributed by atoms with E-state index in [1.165, 1.54) is 28.9 Å². The van der Waals surface area contributed by atoms with Crippen molar-refractivity contribution in [3.63, 3.8) is 0 Å². The maximum absolute atomic E-state index is 12.8. The van der Waals surface area contributed by atoms with Gasteiger partial charge in [-0.1, -0.05) is 24.6 Å². The van der Waals surface area contributed by atoms with Gasteiger partial charge in [0.15, 0.2) is 0 Å². The number of thioether (sulfide) groups is 1. The molecule has 3 heteroatoms. The monoisotopic (exact) mass is 305 g/mol. The van der Waals surface area contributed by atoms with Crippen molar-refractivity contribution in [2.24, 2.45) is 0 Å². The number of benzene rings is 1. The highest BCUT2D eigenvalue weighted by Crippen LogP contribution is 2.30. The molecule has 0 spiro atoms. The van der Waals surface area contributed by atoms with Crippen molar-refractivity contribution in [1.82, 2.24) is 4.90 Å². The van der Waals surface area contributed by atoms with E-state index in [0.29, 0.717) is 11.9 Å². The summed E-state index contributed by atoms with van der Waals surface area (Å²) in [6.07, 6.45) is 4.67. The lowest BCUT2D eigenvalue weighted by Gasteiger charge is -2.36. The van der Waals surface area contributed by atoms with Gasteiger partial charge in [-0.3, -0.25) is 4.79 Å². The highest BCUT2D eigenvalue weighted by Gasteiger charge is 2.29. The maximum atomic E-state index is 12.8. The van der Waals surface area contributed by atoms with Crippen LogP contribution in [0.5, 0.6) is 0 Å². The Bertz CT molecular complexity index is 500. The Morgan fingerprint density at radius 3 is 2.81 bits per heavy atom. The molecule has 0 aromatic heterocycles. The Morgan fingerprint density at radius 1 is 1.38 bits per heavy atom. The quantitative estimate of drug-likeness (QED) is 0.759. The molecule has 1 fully saturated rings. The van der Waals surface area contributed by atoms with Gasteiger partial charge in [-0.2, -0.15) is 0 Å². The Hall–Kier alpha value is -0.960. The lowest BCUT2D eigenvalue weighted by Crippen LogP contribution is -2.46. The number of rotatable bonds is 4. The van der Waals surface area contributed by atoms with Gasteiger partial charge in [-0.25, -0.2) is 0 Å². The van der Waals surface area contributed by atoms with E-state index in [4.69, 9.17) is 0 Å². The van der Waals surface area contributed by atoms with Gasteiger partial charge in [0.1, 0.15) is 0 Å². The molecule has 2 unspecified atom stereocenters. The van der Waals surface area contributed by atoms with Gasteiger partial charge in [0.25, 0.3) is 0 Å². The van der Waals surface area contributed by atoms with Crippen molar-refractivity contribution >= 4 is 17.7 Å². The van der Waals surface area contributed by atoms with Crippen LogP contribution in [0.3, 0.4) is 0 Å². The highest BCUT2D eigenvalue weighted by molar-refractivity contribution is 8.00. The van der Waals surface area contributed by atoms with Crippen LogP contribution in [0.4, 0.5) is 0 Å². The van der Waals surface area contributed by atoms with E-state index in [0.717, 1.165) is 19.4 Å². The first-order valence-corrected chi connectivity index (χ1v) is 8.95. The Kier molecular flexibility index (Phi) is 5.74. The summed E-state index contributed by atoms with van der Waals surface area (Å²) in [6.45, 7) is 9.42. The molecule has 0 N–H and O–H groups in total. The summed E-state index contributed by atoms with van der Waals surface area (Å²) in [5.41, 5.74) is 2.54. The van der Waals surface area contributed by atoms with E-state index in [9.17, 15) is 4.79 Å². The molecule has 21 heavy (non-hydrogen) atoms. The molecule has 0 aliphatic carbocycles. The van der Waals surface area contributed by atoms with E-state index in [1.807, 2.05) is 6.92 Å². The minimum atomic E-state index is -0.00134. The predicted octanol–water partition coefficient (Wildman–Crippen LogP) is 4.58. The smallest absolute Gasteiger partial charge is 0.236 e. The second-order valence-corrected chi connectivity index (χ2v) is 7.50. The number of likely N-dealkylation sites (tertiary alicyclic amines) is 1. The number of aryl methyl sites for hydroxylation is 2. The fourth-order valence-corrected chi connectivity index (χ4v) is 4.13. The summed E-state index contributed by atoms with van der Waals surface area (Å²) in [4.78, 5) is 16.1. The van der Waals surface area contributed by atoms with Crippen LogP contribution in [0.25, 0.3) is 0 Å². The minimum absolute atomic E-state index is 0.00134. The van der Waals surface area contributed by atoms with Crippen molar-refractivity contribution < 1.29 is 4.79 Å². The van der Waals surface area contributed by atoms with Gasteiger partial charge < -0.3 is 4.90 Å². The van der Waals surface area contributed by atoms with Crippen molar-refractivity contribution in [3.8, 4) is 0 Å². The van der Waals surface area contributed by atoms with Gasteiger partial charge in [-0.15, -0.1) is 11.8 Å². The second-order valence-electron chi connectivity index (χ2n) is 6.12. The maximum Gasteiger partial charge on any atom is 0.236 e. The zero-order valence-corrected chi connectivity index (χ0v) is 14.5. The van der Waals surface area contributed by atoms with Crippen LogP contribution in [0.15, 0.2) is 23.1 Å². The van der Waals surface area contributed by atoms with Gasteiger partial charge >= 0.3 is 0 Å². The van der Waals surface area contributed by atoms with Crippen molar-refractivity contribution in [1.29, 1.82) is 0 Å². The average molecular weight is 305 g/mol. The molecule has 1 saturated heterocycles. The van der Waals surface area contributed by atoms with Crippen LogP contribution in [0.1, 0.15) is 50.7 Å². The van der Waals surface area contributed by atoms with E-state index >= 15 is 0 Å². The fraction of sp³-hybridized carbons (Fsp3) is 0.611. The Balaban J connectivity index is 2.04. The van der Waals surface area contributed by atoms with Crippen molar-refractivity contribution in [3.05, 3.63) is 29.3 Å². The number of carbonyl (C=O) groups is 1. The molecule has 0 radical (unpaired) electrons. The molecule has 1 aromatic rings. The number of amides is 1.